The fraction of sp³-hybridized carbons (Fsp3) is 0. The van der Waals surface area contributed by atoms with Crippen LogP contribution in [0.15, 0.2) is 30.3 Å². The summed E-state index contributed by atoms with van der Waals surface area (Å²) in [4.78, 5) is 24.7. The van der Waals surface area contributed by atoms with Gasteiger partial charge in [0.15, 0.2) is 11.6 Å². The number of nitrogen functional groups attached to an aromatic ring is 2. The predicted octanol–water partition coefficient (Wildman–Crippen LogP) is 1.33. The fourth-order valence-electron chi connectivity index (χ4n) is 2.36. The van der Waals surface area contributed by atoms with Crippen LogP contribution >= 0.6 is 0 Å². The van der Waals surface area contributed by atoms with Crippen LogP contribution in [-0.2, 0) is 0 Å². The molecule has 0 fully saturated rings. The van der Waals surface area contributed by atoms with Gasteiger partial charge in [0.25, 0.3) is 0 Å². The molecule has 0 radical (unpaired) electrons. The number of anilines is 2. The summed E-state index contributed by atoms with van der Waals surface area (Å²) in [5, 5.41) is 9.77. The molecule has 0 saturated carbocycles. The molecule has 3 rings (SSSR count). The van der Waals surface area contributed by atoms with E-state index in [1.165, 1.54) is 30.3 Å². The van der Waals surface area contributed by atoms with Crippen LogP contribution in [0.5, 0.6) is 5.75 Å². The smallest absolute Gasteiger partial charge is 0.198 e. The van der Waals surface area contributed by atoms with Crippen molar-refractivity contribution in [3.05, 3.63) is 52.6 Å². The molecular weight excluding hydrogens is 244 g/mol. The number of phenolic OH excluding ortho intramolecular Hbond substituents is 1. The molecule has 0 bridgehead atoms. The van der Waals surface area contributed by atoms with Crippen molar-refractivity contribution in [3.8, 4) is 5.75 Å². The van der Waals surface area contributed by atoms with Crippen molar-refractivity contribution < 1.29 is 14.7 Å². The third-order valence-electron chi connectivity index (χ3n) is 3.18. The number of fused-ring (bicyclic) bond motifs is 2. The number of rotatable bonds is 0. The van der Waals surface area contributed by atoms with Crippen molar-refractivity contribution in [2.75, 3.05) is 11.5 Å². The molecule has 1 aliphatic carbocycles. The van der Waals surface area contributed by atoms with Gasteiger partial charge in [-0.05, 0) is 18.2 Å². The zero-order chi connectivity index (χ0) is 13.7. The number of carbonyl (C=O) groups excluding carboxylic acids is 2. The quantitative estimate of drug-likeness (QED) is 0.525. The number of benzene rings is 2. The minimum Gasteiger partial charge on any atom is -0.507 e. The maximum Gasteiger partial charge on any atom is 0.198 e. The molecule has 0 spiro atoms. The van der Waals surface area contributed by atoms with Crippen LogP contribution in [0.25, 0.3) is 0 Å². The lowest BCUT2D eigenvalue weighted by Gasteiger charge is -2.20. The molecule has 5 nitrogen and oxygen atoms in total. The van der Waals surface area contributed by atoms with E-state index in [2.05, 4.69) is 0 Å². The van der Waals surface area contributed by atoms with E-state index in [4.69, 9.17) is 11.5 Å². The van der Waals surface area contributed by atoms with E-state index in [0.29, 0.717) is 5.69 Å². The molecule has 0 aliphatic heterocycles. The largest absolute Gasteiger partial charge is 0.507 e. The maximum absolute atomic E-state index is 12.4. The molecule has 0 saturated heterocycles. The molecule has 0 heterocycles. The SMILES string of the molecule is Nc1cc(N)c2c(c1)C(=O)c1c(O)cccc1C2=O. The Morgan fingerprint density at radius 1 is 0.895 bits per heavy atom. The van der Waals surface area contributed by atoms with Crippen molar-refractivity contribution in [1.82, 2.24) is 0 Å². The number of carbonyl (C=O) groups is 2. The van der Waals surface area contributed by atoms with E-state index in [-0.39, 0.29) is 39.5 Å². The van der Waals surface area contributed by atoms with Gasteiger partial charge in [-0.3, -0.25) is 9.59 Å². The summed E-state index contributed by atoms with van der Waals surface area (Å²) in [6.45, 7) is 0. The Hall–Kier alpha value is -2.82. The van der Waals surface area contributed by atoms with Gasteiger partial charge in [-0.15, -0.1) is 0 Å². The number of hydrogen-bond donors (Lipinski definition) is 3. The highest BCUT2D eigenvalue weighted by Crippen LogP contribution is 2.35. The van der Waals surface area contributed by atoms with E-state index in [9.17, 15) is 14.7 Å². The first-order valence-corrected chi connectivity index (χ1v) is 5.61. The van der Waals surface area contributed by atoms with Crippen molar-refractivity contribution in [1.29, 1.82) is 0 Å². The lowest BCUT2D eigenvalue weighted by atomic mass is 9.82. The van der Waals surface area contributed by atoms with Gasteiger partial charge in [0.2, 0.25) is 0 Å². The summed E-state index contributed by atoms with van der Waals surface area (Å²) in [7, 11) is 0. The monoisotopic (exact) mass is 254 g/mol. The molecule has 0 atom stereocenters. The van der Waals surface area contributed by atoms with Crippen molar-refractivity contribution in [3.63, 3.8) is 0 Å². The molecule has 94 valence electrons. The molecule has 0 amide bonds. The van der Waals surface area contributed by atoms with Crippen LogP contribution in [0, 0.1) is 0 Å². The Bertz CT molecular complexity index is 751. The minimum atomic E-state index is -0.443. The molecule has 2 aromatic rings. The summed E-state index contributed by atoms with van der Waals surface area (Å²) in [5.74, 6) is -1.04. The highest BCUT2D eigenvalue weighted by molar-refractivity contribution is 6.31. The second kappa shape index (κ2) is 3.58. The number of aromatic hydroxyl groups is 1. The van der Waals surface area contributed by atoms with Crippen molar-refractivity contribution in [2.45, 2.75) is 0 Å². The average molecular weight is 254 g/mol. The van der Waals surface area contributed by atoms with Gasteiger partial charge in [0.05, 0.1) is 11.1 Å². The summed E-state index contributed by atoms with van der Waals surface area (Å²) in [6, 6.07) is 7.22. The summed E-state index contributed by atoms with van der Waals surface area (Å²) in [6.07, 6.45) is 0. The van der Waals surface area contributed by atoms with Gasteiger partial charge in [0.1, 0.15) is 5.75 Å². The topological polar surface area (TPSA) is 106 Å². The Morgan fingerprint density at radius 3 is 2.32 bits per heavy atom. The highest BCUT2D eigenvalue weighted by atomic mass is 16.3. The minimum absolute atomic E-state index is 0.00463. The van der Waals surface area contributed by atoms with Crippen LogP contribution < -0.4 is 11.5 Å². The summed E-state index contributed by atoms with van der Waals surface area (Å²) in [5.41, 5.74) is 12.3. The van der Waals surface area contributed by atoms with Gasteiger partial charge >= 0.3 is 0 Å². The maximum atomic E-state index is 12.4. The number of hydrogen-bond acceptors (Lipinski definition) is 5. The van der Waals surface area contributed by atoms with E-state index in [1.54, 1.807) is 0 Å². The van der Waals surface area contributed by atoms with Crippen LogP contribution in [-0.4, -0.2) is 16.7 Å². The van der Waals surface area contributed by atoms with Crippen LogP contribution in [0.4, 0.5) is 11.4 Å². The van der Waals surface area contributed by atoms with Gasteiger partial charge in [-0.2, -0.15) is 0 Å². The normalized spacial score (nSPS) is 13.1. The Labute approximate surface area is 108 Å². The second-order valence-electron chi connectivity index (χ2n) is 4.39. The Morgan fingerprint density at radius 2 is 1.58 bits per heavy atom. The summed E-state index contributed by atoms with van der Waals surface area (Å²) >= 11 is 0. The molecule has 2 aromatic carbocycles. The first-order chi connectivity index (χ1) is 9.00. The third kappa shape index (κ3) is 1.41. The Kier molecular flexibility index (Phi) is 2.13. The van der Waals surface area contributed by atoms with E-state index >= 15 is 0 Å². The van der Waals surface area contributed by atoms with E-state index in [0.717, 1.165) is 0 Å². The predicted molar refractivity (Wildman–Crippen MR) is 70.2 cm³/mol. The van der Waals surface area contributed by atoms with Crippen molar-refractivity contribution in [2.24, 2.45) is 0 Å². The highest BCUT2D eigenvalue weighted by Gasteiger charge is 2.33. The molecule has 19 heavy (non-hydrogen) atoms. The first kappa shape index (κ1) is 11.3. The van der Waals surface area contributed by atoms with Crippen LogP contribution in [0.1, 0.15) is 31.8 Å². The van der Waals surface area contributed by atoms with Gasteiger partial charge in [0, 0.05) is 22.5 Å². The molecule has 1 aliphatic rings. The van der Waals surface area contributed by atoms with Crippen LogP contribution in [0.2, 0.25) is 0 Å². The second-order valence-corrected chi connectivity index (χ2v) is 4.39. The zero-order valence-electron chi connectivity index (χ0n) is 9.81. The van der Waals surface area contributed by atoms with Gasteiger partial charge < -0.3 is 16.6 Å². The van der Waals surface area contributed by atoms with Crippen molar-refractivity contribution >= 4 is 22.9 Å². The van der Waals surface area contributed by atoms with Crippen LogP contribution in [0.3, 0.4) is 0 Å². The number of phenols is 1. The molecule has 0 aromatic heterocycles. The zero-order valence-corrected chi connectivity index (χ0v) is 9.81. The number of ketones is 2. The van der Waals surface area contributed by atoms with E-state index < -0.39 is 5.78 Å². The third-order valence-corrected chi connectivity index (χ3v) is 3.18. The van der Waals surface area contributed by atoms with Gasteiger partial charge in [-0.1, -0.05) is 12.1 Å². The summed E-state index contributed by atoms with van der Waals surface area (Å²) < 4.78 is 0. The molecule has 0 unspecified atom stereocenters. The lowest BCUT2D eigenvalue weighted by molar-refractivity contribution is 0.0977. The fourth-order valence-corrected chi connectivity index (χ4v) is 2.36. The van der Waals surface area contributed by atoms with Gasteiger partial charge in [-0.25, -0.2) is 0 Å². The van der Waals surface area contributed by atoms with E-state index in [1.807, 2.05) is 0 Å². The number of nitrogens with two attached hydrogens (primary N) is 2. The average Bonchev–Trinajstić information content (AvgIpc) is 2.35. The lowest BCUT2D eigenvalue weighted by Crippen LogP contribution is -2.22. The molecular formula is C14H10N2O3. The standard InChI is InChI=1S/C14H10N2O3/c15-6-4-8-11(9(16)5-6)13(18)7-2-1-3-10(17)12(7)14(8)19/h1-5,17H,15-16H2. The molecule has 5 heteroatoms. The first-order valence-electron chi connectivity index (χ1n) is 5.61. The Balaban J connectivity index is 2.40. The molecule has 5 N–H and O–H groups in total.